The summed E-state index contributed by atoms with van der Waals surface area (Å²) in [5.74, 6) is -0.177. The number of halogens is 1. The third-order valence-corrected chi connectivity index (χ3v) is 1.55. The number of esters is 1. The second kappa shape index (κ2) is 5.02. The highest BCUT2D eigenvalue weighted by Crippen LogP contribution is 2.08. The number of hydrogen-bond donors (Lipinski definition) is 1. The molecule has 0 aliphatic carbocycles. The Balaban J connectivity index is 0.000001000. The Morgan fingerprint density at radius 2 is 2.45 bits per heavy atom. The molecule has 0 saturated heterocycles. The van der Waals surface area contributed by atoms with E-state index < -0.39 is 0 Å². The summed E-state index contributed by atoms with van der Waals surface area (Å²) >= 11 is 0. The lowest BCUT2D eigenvalue weighted by Gasteiger charge is -2.14. The smallest absolute Gasteiger partial charge is 0.312 e. The largest absolute Gasteiger partial charge is 0.469 e. The molecule has 64 valence electrons. The molecule has 0 amide bonds. The van der Waals surface area contributed by atoms with Crippen molar-refractivity contribution in [3.8, 4) is 0 Å². The van der Waals surface area contributed by atoms with Gasteiger partial charge in [0, 0.05) is 6.54 Å². The fourth-order valence-corrected chi connectivity index (χ4v) is 0.950. The molecule has 0 fully saturated rings. The zero-order valence-corrected chi connectivity index (χ0v) is 7.19. The summed E-state index contributed by atoms with van der Waals surface area (Å²) < 4.78 is 4.57. The summed E-state index contributed by atoms with van der Waals surface area (Å²) in [6.45, 7) is 0.857. The number of hydrogen-bond acceptors (Lipinski definition) is 3. The second-order valence-electron chi connectivity index (χ2n) is 2.23. The van der Waals surface area contributed by atoms with Gasteiger partial charge in [0.1, 0.15) is 0 Å². The van der Waals surface area contributed by atoms with E-state index in [1.54, 1.807) is 6.20 Å². The molecule has 0 aromatic rings. The highest BCUT2D eigenvalue weighted by Gasteiger charge is 2.16. The molecule has 1 unspecified atom stereocenters. The average molecular weight is 178 g/mol. The van der Waals surface area contributed by atoms with Crippen LogP contribution in [0.5, 0.6) is 0 Å². The third-order valence-electron chi connectivity index (χ3n) is 1.55. The lowest BCUT2D eigenvalue weighted by atomic mass is 10.0. The van der Waals surface area contributed by atoms with Gasteiger partial charge in [0.05, 0.1) is 13.0 Å². The number of methoxy groups -OCH3 is 1. The van der Waals surface area contributed by atoms with E-state index in [1.807, 2.05) is 6.08 Å². The van der Waals surface area contributed by atoms with Crippen LogP contribution in [0, 0.1) is 5.92 Å². The van der Waals surface area contributed by atoms with Gasteiger partial charge in [0.15, 0.2) is 0 Å². The normalized spacial score (nSPS) is 21.4. The first-order chi connectivity index (χ1) is 4.84. The minimum atomic E-state index is -0.141. The molecule has 4 heteroatoms. The van der Waals surface area contributed by atoms with Crippen LogP contribution in [0.4, 0.5) is 0 Å². The summed E-state index contributed by atoms with van der Waals surface area (Å²) in [7, 11) is 1.41. The van der Waals surface area contributed by atoms with Crippen LogP contribution < -0.4 is 5.32 Å². The van der Waals surface area contributed by atoms with Gasteiger partial charge in [0.2, 0.25) is 0 Å². The number of nitrogens with one attached hydrogen (secondary N) is 1. The Kier molecular flexibility index (Phi) is 4.70. The van der Waals surface area contributed by atoms with Gasteiger partial charge in [-0.2, -0.15) is 0 Å². The number of rotatable bonds is 1. The van der Waals surface area contributed by atoms with Crippen molar-refractivity contribution >= 4 is 18.4 Å². The summed E-state index contributed by atoms with van der Waals surface area (Å²) in [4.78, 5) is 10.9. The Hall–Kier alpha value is -0.700. The number of carbonyl (C=O) groups excluding carboxylic acids is 1. The van der Waals surface area contributed by atoms with E-state index in [-0.39, 0.29) is 24.3 Å². The summed E-state index contributed by atoms with van der Waals surface area (Å²) in [6, 6.07) is 0. The maximum atomic E-state index is 10.9. The quantitative estimate of drug-likeness (QED) is 0.600. The van der Waals surface area contributed by atoms with Crippen LogP contribution >= 0.6 is 12.4 Å². The van der Waals surface area contributed by atoms with Crippen LogP contribution in [0.3, 0.4) is 0 Å². The van der Waals surface area contributed by atoms with E-state index in [2.05, 4.69) is 10.1 Å². The highest BCUT2D eigenvalue weighted by atomic mass is 35.5. The Morgan fingerprint density at radius 1 is 1.73 bits per heavy atom. The standard InChI is InChI=1S/C7H11NO2.ClH/c1-10-7(9)6-2-4-8-5-3-6;/h2,4,6,8H,3,5H2,1H3;1H. The molecule has 0 aromatic carbocycles. The molecule has 1 rings (SSSR count). The molecule has 0 saturated carbocycles. The minimum absolute atomic E-state index is 0. The SMILES string of the molecule is COC(=O)C1C=CNCC1.Cl. The zero-order chi connectivity index (χ0) is 7.40. The zero-order valence-electron chi connectivity index (χ0n) is 6.37. The van der Waals surface area contributed by atoms with Gasteiger partial charge in [-0.1, -0.05) is 6.08 Å². The first-order valence-corrected chi connectivity index (χ1v) is 3.32. The number of ether oxygens (including phenoxy) is 1. The Bertz CT molecular complexity index is 159. The minimum Gasteiger partial charge on any atom is -0.469 e. The van der Waals surface area contributed by atoms with Crippen LogP contribution in [0.1, 0.15) is 6.42 Å². The van der Waals surface area contributed by atoms with E-state index in [9.17, 15) is 4.79 Å². The fourth-order valence-electron chi connectivity index (χ4n) is 0.950. The van der Waals surface area contributed by atoms with E-state index >= 15 is 0 Å². The monoisotopic (exact) mass is 177 g/mol. The van der Waals surface area contributed by atoms with Crippen LogP contribution in [-0.4, -0.2) is 19.6 Å². The predicted molar refractivity (Wildman–Crippen MR) is 44.5 cm³/mol. The lowest BCUT2D eigenvalue weighted by Crippen LogP contribution is -2.23. The molecule has 0 bridgehead atoms. The van der Waals surface area contributed by atoms with Crippen LogP contribution in [0.15, 0.2) is 12.3 Å². The summed E-state index contributed by atoms with van der Waals surface area (Å²) in [5.41, 5.74) is 0. The van der Waals surface area contributed by atoms with Gasteiger partial charge in [0.25, 0.3) is 0 Å². The van der Waals surface area contributed by atoms with Crippen molar-refractivity contribution < 1.29 is 9.53 Å². The molecule has 1 heterocycles. The average Bonchev–Trinajstić information content (AvgIpc) is 2.05. The molecule has 1 N–H and O–H groups in total. The van der Waals surface area contributed by atoms with Gasteiger partial charge >= 0.3 is 5.97 Å². The molecule has 11 heavy (non-hydrogen) atoms. The Labute approximate surface area is 72.2 Å². The molecular weight excluding hydrogens is 166 g/mol. The van der Waals surface area contributed by atoms with Gasteiger partial charge < -0.3 is 10.1 Å². The van der Waals surface area contributed by atoms with E-state index in [0.29, 0.717) is 0 Å². The number of carbonyl (C=O) groups is 1. The summed E-state index contributed by atoms with van der Waals surface area (Å²) in [6.07, 6.45) is 4.46. The van der Waals surface area contributed by atoms with Crippen LogP contribution in [0.2, 0.25) is 0 Å². The van der Waals surface area contributed by atoms with Crippen molar-refractivity contribution in [2.24, 2.45) is 5.92 Å². The van der Waals surface area contributed by atoms with Crippen molar-refractivity contribution in [3.05, 3.63) is 12.3 Å². The first-order valence-electron chi connectivity index (χ1n) is 3.32. The van der Waals surface area contributed by atoms with Gasteiger partial charge in [-0.05, 0) is 12.6 Å². The van der Waals surface area contributed by atoms with Crippen molar-refractivity contribution in [3.63, 3.8) is 0 Å². The fraction of sp³-hybridized carbons (Fsp3) is 0.571. The van der Waals surface area contributed by atoms with E-state index in [4.69, 9.17) is 0 Å². The maximum Gasteiger partial charge on any atom is 0.312 e. The maximum absolute atomic E-state index is 10.9. The molecular formula is C7H12ClNO2. The first kappa shape index (κ1) is 10.3. The molecule has 1 atom stereocenters. The van der Waals surface area contributed by atoms with Crippen molar-refractivity contribution in [2.45, 2.75) is 6.42 Å². The third kappa shape index (κ3) is 2.80. The topological polar surface area (TPSA) is 38.3 Å². The molecule has 3 nitrogen and oxygen atoms in total. The molecule has 0 radical (unpaired) electrons. The van der Waals surface area contributed by atoms with Crippen molar-refractivity contribution in [1.29, 1.82) is 0 Å². The van der Waals surface area contributed by atoms with Gasteiger partial charge in [-0.15, -0.1) is 12.4 Å². The molecule has 0 aromatic heterocycles. The van der Waals surface area contributed by atoms with Crippen LogP contribution in [-0.2, 0) is 9.53 Å². The Morgan fingerprint density at radius 3 is 2.91 bits per heavy atom. The van der Waals surface area contributed by atoms with Crippen molar-refractivity contribution in [1.82, 2.24) is 5.32 Å². The summed E-state index contributed by atoms with van der Waals surface area (Å²) in [5, 5.41) is 3.01. The van der Waals surface area contributed by atoms with Crippen molar-refractivity contribution in [2.75, 3.05) is 13.7 Å². The van der Waals surface area contributed by atoms with Gasteiger partial charge in [-0.3, -0.25) is 4.79 Å². The van der Waals surface area contributed by atoms with E-state index in [1.165, 1.54) is 7.11 Å². The molecule has 1 aliphatic heterocycles. The second-order valence-corrected chi connectivity index (χ2v) is 2.23. The van der Waals surface area contributed by atoms with Gasteiger partial charge in [-0.25, -0.2) is 0 Å². The van der Waals surface area contributed by atoms with Crippen LogP contribution in [0.25, 0.3) is 0 Å². The highest BCUT2D eigenvalue weighted by molar-refractivity contribution is 5.85. The predicted octanol–water partition coefficient (Wildman–Crippen LogP) is 0.704. The van der Waals surface area contributed by atoms with E-state index in [0.717, 1.165) is 13.0 Å². The lowest BCUT2D eigenvalue weighted by molar-refractivity contribution is -0.144. The molecule has 1 aliphatic rings. The molecule has 0 spiro atoms.